The van der Waals surface area contributed by atoms with Crippen LogP contribution < -0.4 is 5.32 Å². The highest BCUT2D eigenvalue weighted by Crippen LogP contribution is 2.15. The quantitative estimate of drug-likeness (QED) is 0.623. The molecule has 3 heteroatoms. The predicted octanol–water partition coefficient (Wildman–Crippen LogP) is 1.08. The molecule has 1 saturated heterocycles. The molecule has 0 aliphatic carbocycles. The Hall–Kier alpha value is -0.120. The fourth-order valence-electron chi connectivity index (χ4n) is 2.18. The van der Waals surface area contributed by atoms with Gasteiger partial charge in [0.15, 0.2) is 0 Å². The largest absolute Gasteiger partial charge is 0.396 e. The summed E-state index contributed by atoms with van der Waals surface area (Å²) >= 11 is 0. The number of hydrogen-bond acceptors (Lipinski definition) is 3. The molecule has 0 radical (unpaired) electrons. The second kappa shape index (κ2) is 8.08. The molecule has 0 spiro atoms. The van der Waals surface area contributed by atoms with Crippen molar-refractivity contribution < 1.29 is 5.11 Å². The minimum absolute atomic E-state index is 0.335. The summed E-state index contributed by atoms with van der Waals surface area (Å²) in [6, 6.07) is 0. The van der Waals surface area contributed by atoms with Crippen molar-refractivity contribution in [3.63, 3.8) is 0 Å². The minimum atomic E-state index is 0.335. The van der Waals surface area contributed by atoms with E-state index in [0.29, 0.717) is 6.61 Å². The summed E-state index contributed by atoms with van der Waals surface area (Å²) in [7, 11) is 2.19. The van der Waals surface area contributed by atoms with Crippen LogP contribution in [0, 0.1) is 5.92 Å². The molecule has 0 aromatic heterocycles. The Morgan fingerprint density at radius 2 is 1.93 bits per heavy atom. The Morgan fingerprint density at radius 1 is 1.20 bits per heavy atom. The summed E-state index contributed by atoms with van der Waals surface area (Å²) in [5, 5.41) is 12.1. The van der Waals surface area contributed by atoms with Crippen LogP contribution in [0.2, 0.25) is 0 Å². The lowest BCUT2D eigenvalue weighted by molar-refractivity contribution is 0.246. The molecule has 3 nitrogen and oxygen atoms in total. The number of aliphatic hydroxyl groups is 1. The summed E-state index contributed by atoms with van der Waals surface area (Å²) in [6.45, 7) is 5.10. The number of hydrogen-bond donors (Lipinski definition) is 2. The van der Waals surface area contributed by atoms with Crippen LogP contribution in [0.15, 0.2) is 0 Å². The monoisotopic (exact) mass is 214 g/mol. The van der Waals surface area contributed by atoms with Gasteiger partial charge in [-0.2, -0.15) is 0 Å². The van der Waals surface area contributed by atoms with Gasteiger partial charge in [-0.1, -0.05) is 0 Å². The van der Waals surface area contributed by atoms with E-state index in [1.807, 2.05) is 0 Å². The average Bonchev–Trinajstić information content (AvgIpc) is 2.28. The first kappa shape index (κ1) is 12.9. The number of piperidine rings is 1. The highest BCUT2D eigenvalue weighted by atomic mass is 16.2. The Labute approximate surface area is 93.9 Å². The fraction of sp³-hybridized carbons (Fsp3) is 1.00. The smallest absolute Gasteiger partial charge is 0.0431 e. The van der Waals surface area contributed by atoms with Crippen LogP contribution >= 0.6 is 0 Å². The van der Waals surface area contributed by atoms with Gasteiger partial charge in [0.2, 0.25) is 0 Å². The average molecular weight is 214 g/mol. The van der Waals surface area contributed by atoms with Gasteiger partial charge in [-0.05, 0) is 71.2 Å². The Kier molecular flexibility index (Phi) is 6.98. The van der Waals surface area contributed by atoms with Gasteiger partial charge >= 0.3 is 0 Å². The summed E-state index contributed by atoms with van der Waals surface area (Å²) in [6.07, 6.45) is 6.11. The van der Waals surface area contributed by atoms with Crippen molar-refractivity contribution in [3.8, 4) is 0 Å². The van der Waals surface area contributed by atoms with Crippen LogP contribution in [0.4, 0.5) is 0 Å². The fourth-order valence-corrected chi connectivity index (χ4v) is 2.18. The number of nitrogens with zero attached hydrogens (tertiary/aromatic N) is 1. The number of aliphatic hydroxyl groups excluding tert-OH is 1. The minimum Gasteiger partial charge on any atom is -0.396 e. The molecular weight excluding hydrogens is 188 g/mol. The SMILES string of the molecule is CN(CCCCO)CCC1CCNCC1. The van der Waals surface area contributed by atoms with Crippen LogP contribution in [-0.2, 0) is 0 Å². The van der Waals surface area contributed by atoms with Gasteiger partial charge < -0.3 is 15.3 Å². The van der Waals surface area contributed by atoms with E-state index in [2.05, 4.69) is 17.3 Å². The van der Waals surface area contributed by atoms with Crippen molar-refractivity contribution in [1.29, 1.82) is 0 Å². The van der Waals surface area contributed by atoms with Gasteiger partial charge in [0.25, 0.3) is 0 Å². The molecule has 1 aliphatic rings. The second-order valence-corrected chi connectivity index (χ2v) is 4.72. The maximum atomic E-state index is 8.69. The molecule has 0 unspecified atom stereocenters. The summed E-state index contributed by atoms with van der Waals surface area (Å²) in [4.78, 5) is 2.40. The van der Waals surface area contributed by atoms with Gasteiger partial charge in [0.1, 0.15) is 0 Å². The predicted molar refractivity (Wildman–Crippen MR) is 64.0 cm³/mol. The standard InChI is InChI=1S/C12H26N2O/c1-14(9-2-3-11-15)10-6-12-4-7-13-8-5-12/h12-13,15H,2-11H2,1H3. The lowest BCUT2D eigenvalue weighted by atomic mass is 9.94. The zero-order valence-corrected chi connectivity index (χ0v) is 10.0. The molecule has 0 atom stereocenters. The van der Waals surface area contributed by atoms with Crippen molar-refractivity contribution in [2.24, 2.45) is 5.92 Å². The maximum Gasteiger partial charge on any atom is 0.0431 e. The van der Waals surface area contributed by atoms with Gasteiger partial charge in [0, 0.05) is 6.61 Å². The van der Waals surface area contributed by atoms with Crippen molar-refractivity contribution in [2.75, 3.05) is 39.8 Å². The summed E-state index contributed by atoms with van der Waals surface area (Å²) in [5.74, 6) is 0.937. The van der Waals surface area contributed by atoms with Gasteiger partial charge in [0.05, 0.1) is 0 Å². The van der Waals surface area contributed by atoms with Crippen LogP contribution in [0.25, 0.3) is 0 Å². The van der Waals surface area contributed by atoms with E-state index in [9.17, 15) is 0 Å². The summed E-state index contributed by atoms with van der Waals surface area (Å²) < 4.78 is 0. The maximum absolute atomic E-state index is 8.69. The van der Waals surface area contributed by atoms with Gasteiger partial charge in [-0.15, -0.1) is 0 Å². The molecule has 1 aliphatic heterocycles. The molecule has 1 fully saturated rings. The lowest BCUT2D eigenvalue weighted by Gasteiger charge is -2.25. The zero-order chi connectivity index (χ0) is 10.9. The lowest BCUT2D eigenvalue weighted by Crippen LogP contribution is -2.30. The van der Waals surface area contributed by atoms with Crippen LogP contribution in [0.1, 0.15) is 32.1 Å². The van der Waals surface area contributed by atoms with Crippen LogP contribution in [0.5, 0.6) is 0 Å². The molecule has 1 rings (SSSR count). The molecule has 0 bridgehead atoms. The zero-order valence-electron chi connectivity index (χ0n) is 10.0. The third-order valence-electron chi connectivity index (χ3n) is 3.33. The molecular formula is C12H26N2O. The van der Waals surface area contributed by atoms with E-state index in [1.54, 1.807) is 0 Å². The molecule has 0 aromatic carbocycles. The van der Waals surface area contributed by atoms with Crippen molar-refractivity contribution in [3.05, 3.63) is 0 Å². The second-order valence-electron chi connectivity index (χ2n) is 4.72. The van der Waals surface area contributed by atoms with Crippen LogP contribution in [0.3, 0.4) is 0 Å². The number of unbranched alkanes of at least 4 members (excludes halogenated alkanes) is 1. The first-order chi connectivity index (χ1) is 7.33. The summed E-state index contributed by atoms with van der Waals surface area (Å²) in [5.41, 5.74) is 0. The molecule has 1 heterocycles. The first-order valence-corrected chi connectivity index (χ1v) is 6.33. The third kappa shape index (κ3) is 6.13. The molecule has 0 saturated carbocycles. The van der Waals surface area contributed by atoms with Gasteiger partial charge in [-0.25, -0.2) is 0 Å². The highest BCUT2D eigenvalue weighted by Gasteiger charge is 2.13. The van der Waals surface area contributed by atoms with Gasteiger partial charge in [-0.3, -0.25) is 0 Å². The molecule has 90 valence electrons. The Bertz CT molecular complexity index is 147. The Morgan fingerprint density at radius 3 is 2.60 bits per heavy atom. The third-order valence-corrected chi connectivity index (χ3v) is 3.33. The van der Waals surface area contributed by atoms with Crippen molar-refractivity contribution >= 4 is 0 Å². The van der Waals surface area contributed by atoms with E-state index >= 15 is 0 Å². The molecule has 0 aromatic rings. The van der Waals surface area contributed by atoms with Crippen molar-refractivity contribution in [1.82, 2.24) is 10.2 Å². The highest BCUT2D eigenvalue weighted by molar-refractivity contribution is 4.69. The topological polar surface area (TPSA) is 35.5 Å². The molecule has 15 heavy (non-hydrogen) atoms. The van der Waals surface area contributed by atoms with E-state index in [-0.39, 0.29) is 0 Å². The van der Waals surface area contributed by atoms with Crippen molar-refractivity contribution in [2.45, 2.75) is 32.1 Å². The molecule has 2 N–H and O–H groups in total. The van der Waals surface area contributed by atoms with E-state index < -0.39 is 0 Å². The van der Waals surface area contributed by atoms with Crippen LogP contribution in [-0.4, -0.2) is 49.8 Å². The normalized spacial score (nSPS) is 18.6. The number of nitrogens with one attached hydrogen (secondary N) is 1. The number of rotatable bonds is 7. The van der Waals surface area contributed by atoms with E-state index in [4.69, 9.17) is 5.11 Å². The molecule has 0 amide bonds. The van der Waals surface area contributed by atoms with E-state index in [0.717, 1.165) is 25.3 Å². The van der Waals surface area contributed by atoms with E-state index in [1.165, 1.54) is 38.9 Å². The Balaban J connectivity index is 1.97. The first-order valence-electron chi connectivity index (χ1n) is 6.33.